The van der Waals surface area contributed by atoms with Gasteiger partial charge in [0.1, 0.15) is 5.82 Å². The molecule has 0 saturated heterocycles. The quantitative estimate of drug-likeness (QED) is 0.445. The zero-order chi connectivity index (χ0) is 23.4. The van der Waals surface area contributed by atoms with Gasteiger partial charge in [-0.25, -0.2) is 14.2 Å². The maximum atomic E-state index is 15.4. The molecule has 0 radical (unpaired) electrons. The van der Waals surface area contributed by atoms with Gasteiger partial charge in [-0.05, 0) is 55.2 Å². The average molecular weight is 452 g/mol. The molecule has 1 atom stereocenters. The largest absolute Gasteiger partial charge is 0.465 e. The predicted octanol–water partition coefficient (Wildman–Crippen LogP) is 3.94. The average Bonchev–Trinajstić information content (AvgIpc) is 2.75. The Morgan fingerprint density at radius 3 is 2.70 bits per heavy atom. The van der Waals surface area contributed by atoms with Crippen molar-refractivity contribution in [3.63, 3.8) is 0 Å². The van der Waals surface area contributed by atoms with E-state index in [-0.39, 0.29) is 17.5 Å². The van der Waals surface area contributed by atoms with Gasteiger partial charge >= 0.3 is 6.09 Å². The third kappa shape index (κ3) is 3.52. The minimum atomic E-state index is -1.15. The van der Waals surface area contributed by atoms with E-state index in [2.05, 4.69) is 22.2 Å². The van der Waals surface area contributed by atoms with E-state index in [9.17, 15) is 15.0 Å². The van der Waals surface area contributed by atoms with Crippen molar-refractivity contribution in [2.45, 2.75) is 45.3 Å². The van der Waals surface area contributed by atoms with Gasteiger partial charge in [-0.2, -0.15) is 0 Å². The molecule has 1 aromatic carbocycles. The Balaban J connectivity index is 1.62. The molecule has 8 nitrogen and oxygen atoms in total. The van der Waals surface area contributed by atoms with Crippen LogP contribution in [0.1, 0.15) is 31.0 Å². The van der Waals surface area contributed by atoms with Gasteiger partial charge in [0.25, 0.3) is 0 Å². The second-order valence-corrected chi connectivity index (χ2v) is 9.16. The molecule has 2 aromatic heterocycles. The van der Waals surface area contributed by atoms with Gasteiger partial charge in [0.15, 0.2) is 5.82 Å². The number of aromatic nitrogens is 2. The molecule has 1 saturated carbocycles. The lowest BCUT2D eigenvalue weighted by Gasteiger charge is -2.38. The normalized spacial score (nSPS) is 21.8. The van der Waals surface area contributed by atoms with E-state index in [0.717, 1.165) is 34.8 Å². The number of nitrogens with two attached hydrogens (primary N) is 1. The lowest BCUT2D eigenvalue weighted by Crippen LogP contribution is -2.50. The Kier molecular flexibility index (Phi) is 5.08. The zero-order valence-electron chi connectivity index (χ0n) is 18.5. The number of carbonyl (C=O) groups is 1. The van der Waals surface area contributed by atoms with Crippen LogP contribution in [0.2, 0.25) is 0 Å². The second kappa shape index (κ2) is 7.84. The maximum absolute atomic E-state index is 15.4. The number of benzene rings is 1. The molecule has 0 spiro atoms. The number of aliphatic hydroxyl groups excluding tert-OH is 1. The van der Waals surface area contributed by atoms with Crippen molar-refractivity contribution in [1.29, 1.82) is 0 Å². The fraction of sp³-hybridized carbons (Fsp3) is 0.375. The van der Waals surface area contributed by atoms with Gasteiger partial charge in [0.2, 0.25) is 0 Å². The van der Waals surface area contributed by atoms with E-state index in [1.807, 2.05) is 6.92 Å². The molecule has 33 heavy (non-hydrogen) atoms. The number of aliphatic hydroxyl groups is 1. The third-order valence-electron chi connectivity index (χ3n) is 6.77. The summed E-state index contributed by atoms with van der Waals surface area (Å²) >= 11 is 0. The maximum Gasteiger partial charge on any atom is 0.413 e. The van der Waals surface area contributed by atoms with Crippen molar-refractivity contribution in [3.05, 3.63) is 41.6 Å². The summed E-state index contributed by atoms with van der Waals surface area (Å²) in [5.74, 6) is 0.145. The van der Waals surface area contributed by atoms with Crippen molar-refractivity contribution in [3.8, 4) is 11.1 Å². The van der Waals surface area contributed by atoms with E-state index < -0.39 is 18.0 Å². The fourth-order valence-electron chi connectivity index (χ4n) is 4.82. The van der Waals surface area contributed by atoms with Gasteiger partial charge in [0.05, 0.1) is 23.2 Å². The first-order valence-corrected chi connectivity index (χ1v) is 11.0. The standard InChI is InChI=1S/C24H26FN5O3/c1-11-3-19-23(29-8-11)12(2)17(9-27-19)16-4-13-5-20(28-10-18(13)22(26)21(16)25)30(24(32)33)14-6-15(31)7-14/h4-5,9-11,14-15,29,31H,3,6-8,26H2,1-2H3,(H,32,33)/t11-,14?,15?/m0/s1. The van der Waals surface area contributed by atoms with E-state index in [1.165, 1.54) is 6.20 Å². The van der Waals surface area contributed by atoms with Crippen LogP contribution in [0.25, 0.3) is 21.9 Å². The summed E-state index contributed by atoms with van der Waals surface area (Å²) in [7, 11) is 0. The Labute approximate surface area is 190 Å². The molecule has 3 heterocycles. The molecule has 1 aliphatic heterocycles. The number of carboxylic acid groups (broad SMARTS) is 1. The molecule has 0 bridgehead atoms. The second-order valence-electron chi connectivity index (χ2n) is 9.16. The van der Waals surface area contributed by atoms with Gasteiger partial charge < -0.3 is 21.3 Å². The highest BCUT2D eigenvalue weighted by Crippen LogP contribution is 2.39. The molecule has 5 N–H and O–H groups in total. The summed E-state index contributed by atoms with van der Waals surface area (Å²) in [6, 6.07) is 2.93. The monoisotopic (exact) mass is 451 g/mol. The number of fused-ring (bicyclic) bond motifs is 2. The minimum Gasteiger partial charge on any atom is -0.465 e. The number of nitrogens with one attached hydrogen (secondary N) is 1. The first-order valence-electron chi connectivity index (χ1n) is 11.0. The molecular weight excluding hydrogens is 425 g/mol. The molecule has 5 rings (SSSR count). The predicted molar refractivity (Wildman–Crippen MR) is 125 cm³/mol. The van der Waals surface area contributed by atoms with Crippen molar-refractivity contribution >= 4 is 34.1 Å². The number of nitrogen functional groups attached to an aromatic ring is 1. The van der Waals surface area contributed by atoms with Crippen LogP contribution in [0.4, 0.5) is 26.4 Å². The van der Waals surface area contributed by atoms with Gasteiger partial charge in [0, 0.05) is 41.5 Å². The Bertz CT molecular complexity index is 1270. The third-order valence-corrected chi connectivity index (χ3v) is 6.77. The first-order chi connectivity index (χ1) is 15.7. The van der Waals surface area contributed by atoms with Crippen LogP contribution in [-0.2, 0) is 6.42 Å². The van der Waals surface area contributed by atoms with Gasteiger partial charge in [-0.1, -0.05) is 6.92 Å². The molecule has 3 aromatic rings. The number of pyridine rings is 2. The Morgan fingerprint density at radius 2 is 2.00 bits per heavy atom. The summed E-state index contributed by atoms with van der Waals surface area (Å²) < 4.78 is 15.4. The summed E-state index contributed by atoms with van der Waals surface area (Å²) in [6.45, 7) is 4.92. The van der Waals surface area contributed by atoms with Crippen LogP contribution in [0, 0.1) is 18.7 Å². The number of hydrogen-bond acceptors (Lipinski definition) is 6. The molecule has 9 heteroatoms. The molecule has 0 unspecified atom stereocenters. The highest BCUT2D eigenvalue weighted by molar-refractivity contribution is 5.99. The van der Waals surface area contributed by atoms with Crippen LogP contribution in [-0.4, -0.2) is 45.0 Å². The SMILES string of the molecule is Cc1c(-c2cc3cc(N(C(=O)O)C4CC(O)C4)ncc3c(N)c2F)cnc2c1NC[C@@H](C)C2. The van der Waals surface area contributed by atoms with Gasteiger partial charge in [-0.3, -0.25) is 9.88 Å². The number of rotatable bonds is 3. The summed E-state index contributed by atoms with van der Waals surface area (Å²) in [5, 5.41) is 23.7. The number of hydrogen-bond donors (Lipinski definition) is 4. The Morgan fingerprint density at radius 1 is 1.24 bits per heavy atom. The fourth-order valence-corrected chi connectivity index (χ4v) is 4.82. The van der Waals surface area contributed by atoms with Gasteiger partial charge in [-0.15, -0.1) is 0 Å². The summed E-state index contributed by atoms with van der Waals surface area (Å²) in [4.78, 5) is 21.9. The Hall–Kier alpha value is -3.46. The molecule has 1 amide bonds. The van der Waals surface area contributed by atoms with Crippen molar-refractivity contribution < 1.29 is 19.4 Å². The van der Waals surface area contributed by atoms with E-state index >= 15 is 4.39 Å². The first kappa shape index (κ1) is 21.4. The van der Waals surface area contributed by atoms with Crippen LogP contribution in [0.5, 0.6) is 0 Å². The van der Waals surface area contributed by atoms with Crippen LogP contribution < -0.4 is 16.0 Å². The van der Waals surface area contributed by atoms with Crippen LogP contribution >= 0.6 is 0 Å². The topological polar surface area (TPSA) is 125 Å². The highest BCUT2D eigenvalue weighted by Gasteiger charge is 2.37. The highest BCUT2D eigenvalue weighted by atomic mass is 19.1. The van der Waals surface area contributed by atoms with E-state index in [1.54, 1.807) is 18.3 Å². The molecule has 1 aliphatic carbocycles. The lowest BCUT2D eigenvalue weighted by atomic mass is 9.88. The van der Waals surface area contributed by atoms with Crippen molar-refractivity contribution in [2.24, 2.45) is 5.92 Å². The number of amides is 1. The molecule has 172 valence electrons. The zero-order valence-corrected chi connectivity index (χ0v) is 18.5. The number of halogens is 1. The minimum absolute atomic E-state index is 0.0406. The smallest absolute Gasteiger partial charge is 0.413 e. The van der Waals surface area contributed by atoms with E-state index in [0.29, 0.717) is 40.7 Å². The summed E-state index contributed by atoms with van der Waals surface area (Å²) in [5.41, 5.74) is 9.85. The molecule has 1 fully saturated rings. The van der Waals surface area contributed by atoms with E-state index in [4.69, 9.17) is 5.73 Å². The molecular formula is C24H26FN5O3. The molecule has 2 aliphatic rings. The number of anilines is 3. The van der Waals surface area contributed by atoms with Crippen LogP contribution in [0.3, 0.4) is 0 Å². The van der Waals surface area contributed by atoms with Crippen molar-refractivity contribution in [1.82, 2.24) is 9.97 Å². The summed E-state index contributed by atoms with van der Waals surface area (Å²) in [6.07, 6.45) is 3.00. The van der Waals surface area contributed by atoms with Crippen molar-refractivity contribution in [2.75, 3.05) is 22.5 Å². The lowest BCUT2D eigenvalue weighted by molar-refractivity contribution is 0.0725. The van der Waals surface area contributed by atoms with Crippen LogP contribution in [0.15, 0.2) is 24.5 Å². The number of nitrogens with zero attached hydrogens (tertiary/aromatic N) is 3.